The molecule has 1 saturated heterocycles. The minimum Gasteiger partial charge on any atom is -0.307 e. The number of aromatic amines is 1. The molecule has 4 rings (SSSR count). The normalized spacial score (nSPS) is 15.4. The van der Waals surface area contributed by atoms with Crippen LogP contribution in [0.5, 0.6) is 0 Å². The van der Waals surface area contributed by atoms with Gasteiger partial charge in [0.25, 0.3) is 5.56 Å². The maximum Gasteiger partial charge on any atom is 0.328 e. The van der Waals surface area contributed by atoms with E-state index in [9.17, 15) is 9.59 Å². The van der Waals surface area contributed by atoms with Crippen LogP contribution in [0.1, 0.15) is 24.8 Å². The van der Waals surface area contributed by atoms with Gasteiger partial charge in [-0.2, -0.15) is 0 Å². The van der Waals surface area contributed by atoms with Crippen LogP contribution >= 0.6 is 12.4 Å². The van der Waals surface area contributed by atoms with Crippen molar-refractivity contribution in [3.8, 4) is 0 Å². The van der Waals surface area contributed by atoms with Gasteiger partial charge in [-0.3, -0.25) is 14.3 Å². The van der Waals surface area contributed by atoms with E-state index >= 15 is 0 Å². The smallest absolute Gasteiger partial charge is 0.307 e. The van der Waals surface area contributed by atoms with Crippen molar-refractivity contribution in [3.05, 3.63) is 81.0 Å². The molecule has 3 aromatic rings. The van der Waals surface area contributed by atoms with E-state index in [-0.39, 0.29) is 23.7 Å². The van der Waals surface area contributed by atoms with Gasteiger partial charge >= 0.3 is 5.69 Å². The fourth-order valence-electron chi connectivity index (χ4n) is 3.99. The lowest BCUT2D eigenvalue weighted by Crippen LogP contribution is -2.37. The Morgan fingerprint density at radius 3 is 2.36 bits per heavy atom. The summed E-state index contributed by atoms with van der Waals surface area (Å²) in [4.78, 5) is 30.2. The van der Waals surface area contributed by atoms with Crippen molar-refractivity contribution in [2.24, 2.45) is 5.92 Å². The van der Waals surface area contributed by atoms with E-state index in [0.717, 1.165) is 38.9 Å². The number of hydrogen-bond acceptors (Lipinski definition) is 3. The Labute approximate surface area is 170 Å². The maximum absolute atomic E-state index is 12.6. The molecule has 148 valence electrons. The fraction of sp³-hybridized carbons (Fsp3) is 0.364. The third-order valence-corrected chi connectivity index (χ3v) is 5.61. The molecule has 0 unspecified atom stereocenters. The quantitative estimate of drug-likeness (QED) is 0.715. The van der Waals surface area contributed by atoms with Crippen molar-refractivity contribution in [2.45, 2.75) is 32.4 Å². The molecule has 0 saturated carbocycles. The second-order valence-electron chi connectivity index (χ2n) is 7.43. The van der Waals surface area contributed by atoms with Crippen LogP contribution in [0.3, 0.4) is 0 Å². The van der Waals surface area contributed by atoms with Crippen molar-refractivity contribution in [1.29, 1.82) is 0 Å². The summed E-state index contributed by atoms with van der Waals surface area (Å²) in [6.45, 7) is 3.63. The predicted octanol–water partition coefficient (Wildman–Crippen LogP) is 3.41. The lowest BCUT2D eigenvalue weighted by atomic mass is 9.93. The number of halogens is 1. The second kappa shape index (κ2) is 9.22. The van der Waals surface area contributed by atoms with Gasteiger partial charge in [0.2, 0.25) is 0 Å². The number of aromatic nitrogens is 2. The summed E-state index contributed by atoms with van der Waals surface area (Å²) in [5.41, 5.74) is 1.47. The lowest BCUT2D eigenvalue weighted by Gasteiger charge is -2.32. The number of nitrogens with one attached hydrogen (secondary N) is 1. The number of hydrogen-bond donors (Lipinski definition) is 1. The molecule has 2 heterocycles. The summed E-state index contributed by atoms with van der Waals surface area (Å²) >= 11 is 0. The molecular weight excluding hydrogens is 374 g/mol. The molecule has 6 heteroatoms. The van der Waals surface area contributed by atoms with Crippen LogP contribution in [0.15, 0.2) is 64.2 Å². The summed E-state index contributed by atoms with van der Waals surface area (Å²) in [6, 6.07) is 17.8. The summed E-state index contributed by atoms with van der Waals surface area (Å²) < 4.78 is 1.36. The molecule has 0 aliphatic carbocycles. The van der Waals surface area contributed by atoms with E-state index < -0.39 is 0 Å². The molecule has 5 nitrogen and oxygen atoms in total. The van der Waals surface area contributed by atoms with Crippen LogP contribution in [-0.2, 0) is 13.1 Å². The molecule has 0 bridgehead atoms. The number of rotatable bonds is 5. The number of nitrogens with zero attached hydrogens (tertiary/aromatic N) is 2. The van der Waals surface area contributed by atoms with Crippen LogP contribution < -0.4 is 11.2 Å². The van der Waals surface area contributed by atoms with Crippen LogP contribution in [0, 0.1) is 5.92 Å². The van der Waals surface area contributed by atoms with Crippen LogP contribution in [0.4, 0.5) is 0 Å². The number of benzene rings is 2. The van der Waals surface area contributed by atoms with Crippen LogP contribution in [-0.4, -0.2) is 27.5 Å². The Balaban J connectivity index is 0.00000225. The molecule has 1 aromatic heterocycles. The minimum absolute atomic E-state index is 0. The molecular formula is C22H26ClN3O2. The second-order valence-corrected chi connectivity index (χ2v) is 7.43. The van der Waals surface area contributed by atoms with Gasteiger partial charge in [-0.25, -0.2) is 4.79 Å². The predicted molar refractivity (Wildman–Crippen MR) is 115 cm³/mol. The molecule has 0 amide bonds. The first-order valence-corrected chi connectivity index (χ1v) is 9.69. The maximum atomic E-state index is 12.6. The third-order valence-electron chi connectivity index (χ3n) is 5.61. The highest BCUT2D eigenvalue weighted by molar-refractivity contribution is 5.85. The first-order chi connectivity index (χ1) is 13.2. The van der Waals surface area contributed by atoms with Gasteiger partial charge in [-0.15, -0.1) is 12.4 Å². The van der Waals surface area contributed by atoms with Gasteiger partial charge in [0, 0.05) is 13.1 Å². The molecule has 1 aliphatic rings. The van der Waals surface area contributed by atoms with Crippen molar-refractivity contribution in [1.82, 2.24) is 14.5 Å². The van der Waals surface area contributed by atoms with Crippen molar-refractivity contribution >= 4 is 23.3 Å². The standard InChI is InChI=1S/C22H25N3O2.ClH/c26-21-19-8-4-5-9-20(19)23-22(27)25(21)15-12-17-10-13-24(14-11-17)16-18-6-2-1-3-7-18;/h1-9,17H,10-16H2,(H,23,27);1H. The molecule has 1 fully saturated rings. The summed E-state index contributed by atoms with van der Waals surface area (Å²) in [7, 11) is 0. The van der Waals surface area contributed by atoms with E-state index in [1.165, 1.54) is 10.1 Å². The minimum atomic E-state index is -0.305. The number of para-hydroxylation sites is 1. The molecule has 0 atom stereocenters. The number of H-pyrrole nitrogens is 1. The van der Waals surface area contributed by atoms with Crippen molar-refractivity contribution in [2.75, 3.05) is 13.1 Å². The average Bonchev–Trinajstić information content (AvgIpc) is 2.70. The van der Waals surface area contributed by atoms with E-state index in [2.05, 4.69) is 34.1 Å². The summed E-state index contributed by atoms with van der Waals surface area (Å²) in [6.07, 6.45) is 3.11. The van der Waals surface area contributed by atoms with Gasteiger partial charge in [-0.1, -0.05) is 42.5 Å². The van der Waals surface area contributed by atoms with Crippen molar-refractivity contribution < 1.29 is 0 Å². The highest BCUT2D eigenvalue weighted by atomic mass is 35.5. The van der Waals surface area contributed by atoms with Gasteiger partial charge in [0.1, 0.15) is 0 Å². The topological polar surface area (TPSA) is 58.1 Å². The Morgan fingerprint density at radius 1 is 0.929 bits per heavy atom. The lowest BCUT2D eigenvalue weighted by molar-refractivity contribution is 0.169. The van der Waals surface area contributed by atoms with E-state index in [4.69, 9.17) is 0 Å². The number of piperidine rings is 1. The van der Waals surface area contributed by atoms with Crippen LogP contribution in [0.2, 0.25) is 0 Å². The number of fused-ring (bicyclic) bond motifs is 1. The molecule has 1 aliphatic heterocycles. The molecule has 0 radical (unpaired) electrons. The molecule has 1 N–H and O–H groups in total. The first kappa shape index (κ1) is 20.4. The van der Waals surface area contributed by atoms with Crippen LogP contribution in [0.25, 0.3) is 10.9 Å². The highest BCUT2D eigenvalue weighted by Crippen LogP contribution is 2.22. The van der Waals surface area contributed by atoms with Gasteiger partial charge in [0.05, 0.1) is 10.9 Å². The van der Waals surface area contributed by atoms with E-state index in [1.807, 2.05) is 18.2 Å². The average molecular weight is 400 g/mol. The van der Waals surface area contributed by atoms with E-state index in [0.29, 0.717) is 23.4 Å². The monoisotopic (exact) mass is 399 g/mol. The van der Waals surface area contributed by atoms with Gasteiger partial charge in [0.15, 0.2) is 0 Å². The van der Waals surface area contributed by atoms with E-state index in [1.54, 1.807) is 12.1 Å². The van der Waals surface area contributed by atoms with Crippen molar-refractivity contribution in [3.63, 3.8) is 0 Å². The Hall–Kier alpha value is -2.37. The molecule has 2 aromatic carbocycles. The Bertz CT molecular complexity index is 1020. The summed E-state index contributed by atoms with van der Waals surface area (Å²) in [5.74, 6) is 0.565. The zero-order valence-electron chi connectivity index (χ0n) is 15.8. The Morgan fingerprint density at radius 2 is 1.61 bits per heavy atom. The Kier molecular flexibility index (Phi) is 6.70. The molecule has 28 heavy (non-hydrogen) atoms. The van der Waals surface area contributed by atoms with Gasteiger partial charge < -0.3 is 4.98 Å². The SMILES string of the molecule is Cl.O=c1[nH]c2ccccc2c(=O)n1CCC1CCN(Cc2ccccc2)CC1. The third kappa shape index (κ3) is 4.54. The summed E-state index contributed by atoms with van der Waals surface area (Å²) in [5, 5.41) is 0.579. The van der Waals surface area contributed by atoms with Gasteiger partial charge in [-0.05, 0) is 56.0 Å². The zero-order valence-corrected chi connectivity index (χ0v) is 16.7. The number of likely N-dealkylation sites (tertiary alicyclic amines) is 1. The first-order valence-electron chi connectivity index (χ1n) is 9.69. The highest BCUT2D eigenvalue weighted by Gasteiger charge is 2.20. The molecule has 0 spiro atoms. The largest absolute Gasteiger partial charge is 0.328 e. The zero-order chi connectivity index (χ0) is 18.6. The fourth-order valence-corrected chi connectivity index (χ4v) is 3.99.